The van der Waals surface area contributed by atoms with Crippen molar-refractivity contribution in [2.24, 2.45) is 0 Å². The van der Waals surface area contributed by atoms with Gasteiger partial charge in [0, 0.05) is 0 Å². The molecule has 0 bridgehead atoms. The molecule has 202 valence electrons. The summed E-state index contributed by atoms with van der Waals surface area (Å²) in [4.78, 5) is 24.9. The molecule has 0 saturated heterocycles. The second-order valence-corrected chi connectivity index (χ2v) is 10.2. The zero-order valence-electron chi connectivity index (χ0n) is 23.4. The van der Waals surface area contributed by atoms with Crippen LogP contribution in [-0.2, 0) is 9.47 Å². The van der Waals surface area contributed by atoms with Gasteiger partial charge in [0.2, 0.25) is 0 Å². The lowest BCUT2D eigenvalue weighted by atomic mass is 9.99. The Balaban J connectivity index is 1.57. The van der Waals surface area contributed by atoms with Crippen LogP contribution >= 0.6 is 0 Å². The summed E-state index contributed by atoms with van der Waals surface area (Å²) in [5.41, 5.74) is 5.35. The molecule has 0 heterocycles. The first-order valence-electron chi connectivity index (χ1n) is 14.1. The molecular formula is C34H42O4. The van der Waals surface area contributed by atoms with Crippen LogP contribution in [-0.4, -0.2) is 24.1 Å². The molecule has 0 radical (unpaired) electrons. The molecule has 0 aromatic heterocycles. The lowest BCUT2D eigenvalue weighted by Crippen LogP contribution is -2.15. The average Bonchev–Trinajstić information content (AvgIpc) is 2.93. The number of rotatable bonds is 14. The Hall–Kier alpha value is -3.40. The third-order valence-corrected chi connectivity index (χ3v) is 6.84. The zero-order chi connectivity index (χ0) is 27.3. The van der Waals surface area contributed by atoms with Gasteiger partial charge in [-0.25, -0.2) is 9.59 Å². The second-order valence-electron chi connectivity index (χ2n) is 10.2. The fourth-order valence-corrected chi connectivity index (χ4v) is 4.44. The zero-order valence-corrected chi connectivity index (χ0v) is 23.4. The van der Waals surface area contributed by atoms with Crippen molar-refractivity contribution < 1.29 is 19.1 Å². The first kappa shape index (κ1) is 29.2. The van der Waals surface area contributed by atoms with Crippen LogP contribution in [0.1, 0.15) is 99.8 Å². The third-order valence-electron chi connectivity index (χ3n) is 6.84. The van der Waals surface area contributed by atoms with Gasteiger partial charge in [-0.1, -0.05) is 88.1 Å². The van der Waals surface area contributed by atoms with Gasteiger partial charge in [0.25, 0.3) is 0 Å². The smallest absolute Gasteiger partial charge is 0.338 e. The maximum absolute atomic E-state index is 12.5. The maximum atomic E-state index is 12.5. The standard InChI is InChI=1S/C34H42O4/c1-5-7-9-11-25(3)37-33(35)31-21-17-29(18-22-31)27-13-15-28(16-14-27)30-19-23-32(24-20-30)34(36)38-26(4)12-10-8-6-2/h13-26H,5-12H2,1-4H3/t25-,26-/m1/s1. The number of benzene rings is 3. The van der Waals surface area contributed by atoms with Gasteiger partial charge < -0.3 is 9.47 Å². The molecular weight excluding hydrogens is 472 g/mol. The molecule has 0 unspecified atom stereocenters. The highest BCUT2D eigenvalue weighted by Crippen LogP contribution is 2.26. The molecule has 3 rings (SSSR count). The summed E-state index contributed by atoms with van der Waals surface area (Å²) in [6.07, 6.45) is 8.45. The molecule has 0 aliphatic heterocycles. The fraction of sp³-hybridized carbons (Fsp3) is 0.412. The van der Waals surface area contributed by atoms with Crippen molar-refractivity contribution in [1.29, 1.82) is 0 Å². The first-order chi connectivity index (χ1) is 18.4. The Kier molecular flexibility index (Phi) is 11.6. The molecule has 0 N–H and O–H groups in total. The van der Waals surface area contributed by atoms with E-state index in [9.17, 15) is 9.59 Å². The minimum absolute atomic E-state index is 0.0694. The van der Waals surface area contributed by atoms with Crippen LogP contribution < -0.4 is 0 Å². The largest absolute Gasteiger partial charge is 0.459 e. The Bertz CT molecular complexity index is 1040. The molecule has 0 saturated carbocycles. The normalized spacial score (nSPS) is 12.5. The number of carbonyl (C=O) groups excluding carboxylic acids is 2. The summed E-state index contributed by atoms with van der Waals surface area (Å²) in [6.45, 7) is 8.25. The third kappa shape index (κ3) is 8.86. The van der Waals surface area contributed by atoms with E-state index in [1.165, 1.54) is 0 Å². The van der Waals surface area contributed by atoms with E-state index in [0.717, 1.165) is 73.6 Å². The van der Waals surface area contributed by atoms with E-state index in [-0.39, 0.29) is 24.1 Å². The van der Waals surface area contributed by atoms with E-state index in [0.29, 0.717) is 11.1 Å². The molecule has 0 aliphatic carbocycles. The SMILES string of the molecule is CCCCC[C@@H](C)OC(=O)c1ccc(-c2ccc(-c3ccc(C(=O)O[C@H](C)CCCCC)cc3)cc2)cc1. The Labute approximate surface area is 228 Å². The van der Waals surface area contributed by atoms with E-state index >= 15 is 0 Å². The monoisotopic (exact) mass is 514 g/mol. The number of ether oxygens (including phenoxy) is 2. The Morgan fingerprint density at radius 2 is 0.816 bits per heavy atom. The fourth-order valence-electron chi connectivity index (χ4n) is 4.44. The quantitative estimate of drug-likeness (QED) is 0.159. The van der Waals surface area contributed by atoms with E-state index in [1.807, 2.05) is 62.4 Å². The molecule has 0 fully saturated rings. The van der Waals surface area contributed by atoms with Gasteiger partial charge in [-0.3, -0.25) is 0 Å². The van der Waals surface area contributed by atoms with Crippen molar-refractivity contribution in [3.63, 3.8) is 0 Å². The summed E-state index contributed by atoms with van der Waals surface area (Å²) in [6, 6.07) is 23.4. The van der Waals surface area contributed by atoms with Gasteiger partial charge in [-0.2, -0.15) is 0 Å². The van der Waals surface area contributed by atoms with E-state index in [2.05, 4.69) is 38.1 Å². The number of unbranched alkanes of at least 4 members (excludes halogenated alkanes) is 4. The molecule has 4 nitrogen and oxygen atoms in total. The van der Waals surface area contributed by atoms with Gasteiger partial charge in [-0.15, -0.1) is 0 Å². The summed E-state index contributed by atoms with van der Waals surface area (Å²) in [7, 11) is 0. The molecule has 38 heavy (non-hydrogen) atoms. The number of esters is 2. The van der Waals surface area contributed by atoms with E-state index < -0.39 is 0 Å². The van der Waals surface area contributed by atoms with Crippen LogP contribution in [0, 0.1) is 0 Å². The highest BCUT2D eigenvalue weighted by molar-refractivity contribution is 5.91. The van der Waals surface area contributed by atoms with Crippen LogP contribution in [0.15, 0.2) is 72.8 Å². The molecule has 3 aromatic rings. The first-order valence-corrected chi connectivity index (χ1v) is 14.1. The van der Waals surface area contributed by atoms with Gasteiger partial charge >= 0.3 is 11.9 Å². The van der Waals surface area contributed by atoms with Crippen molar-refractivity contribution >= 4 is 11.9 Å². The van der Waals surface area contributed by atoms with Gasteiger partial charge in [0.1, 0.15) is 0 Å². The molecule has 0 spiro atoms. The second kappa shape index (κ2) is 15.1. The van der Waals surface area contributed by atoms with Crippen molar-refractivity contribution in [3.05, 3.63) is 83.9 Å². The predicted octanol–water partition coefficient (Wildman–Crippen LogP) is 9.27. The lowest BCUT2D eigenvalue weighted by Gasteiger charge is -2.13. The van der Waals surface area contributed by atoms with Crippen LogP contribution in [0.2, 0.25) is 0 Å². The van der Waals surface area contributed by atoms with Crippen LogP contribution in [0.3, 0.4) is 0 Å². The highest BCUT2D eigenvalue weighted by atomic mass is 16.5. The minimum atomic E-state index is -0.269. The van der Waals surface area contributed by atoms with E-state index in [4.69, 9.17) is 9.47 Å². The van der Waals surface area contributed by atoms with Crippen molar-refractivity contribution in [1.82, 2.24) is 0 Å². The van der Waals surface area contributed by atoms with Crippen LogP contribution in [0.4, 0.5) is 0 Å². The Morgan fingerprint density at radius 3 is 1.11 bits per heavy atom. The molecule has 4 heteroatoms. The lowest BCUT2D eigenvalue weighted by molar-refractivity contribution is 0.0309. The predicted molar refractivity (Wildman–Crippen MR) is 155 cm³/mol. The highest BCUT2D eigenvalue weighted by Gasteiger charge is 2.13. The topological polar surface area (TPSA) is 52.6 Å². The summed E-state index contributed by atoms with van der Waals surface area (Å²) < 4.78 is 11.2. The van der Waals surface area contributed by atoms with Crippen molar-refractivity contribution in [2.75, 3.05) is 0 Å². The van der Waals surface area contributed by atoms with Crippen LogP contribution in [0.25, 0.3) is 22.3 Å². The molecule has 2 atom stereocenters. The van der Waals surface area contributed by atoms with Crippen molar-refractivity contribution in [3.8, 4) is 22.3 Å². The van der Waals surface area contributed by atoms with E-state index in [1.54, 1.807) is 0 Å². The Morgan fingerprint density at radius 1 is 0.526 bits per heavy atom. The van der Waals surface area contributed by atoms with Gasteiger partial charge in [0.15, 0.2) is 0 Å². The maximum Gasteiger partial charge on any atom is 0.338 e. The molecule has 3 aromatic carbocycles. The number of carbonyl (C=O) groups is 2. The number of hydrogen-bond donors (Lipinski definition) is 0. The summed E-state index contributed by atoms with van der Waals surface area (Å²) >= 11 is 0. The van der Waals surface area contributed by atoms with Gasteiger partial charge in [0.05, 0.1) is 23.3 Å². The van der Waals surface area contributed by atoms with Crippen molar-refractivity contribution in [2.45, 2.75) is 91.3 Å². The van der Waals surface area contributed by atoms with Gasteiger partial charge in [-0.05, 0) is 86.1 Å². The summed E-state index contributed by atoms with van der Waals surface area (Å²) in [5, 5.41) is 0. The summed E-state index contributed by atoms with van der Waals surface area (Å²) in [5.74, 6) is -0.539. The average molecular weight is 515 g/mol. The molecule has 0 aliphatic rings. The number of hydrogen-bond acceptors (Lipinski definition) is 4. The van der Waals surface area contributed by atoms with Crippen LogP contribution in [0.5, 0.6) is 0 Å². The molecule has 0 amide bonds. The minimum Gasteiger partial charge on any atom is -0.459 e.